The van der Waals surface area contributed by atoms with E-state index < -0.39 is 0 Å². The Kier molecular flexibility index (Phi) is 5.57. The lowest BCUT2D eigenvalue weighted by atomic mass is 10.2. The van der Waals surface area contributed by atoms with E-state index in [0.717, 1.165) is 21.3 Å². The number of carbonyl (C=O) groups is 1. The van der Waals surface area contributed by atoms with Crippen LogP contribution < -0.4 is 5.01 Å². The van der Waals surface area contributed by atoms with E-state index >= 15 is 0 Å². The van der Waals surface area contributed by atoms with Crippen molar-refractivity contribution < 1.29 is 9.53 Å². The summed E-state index contributed by atoms with van der Waals surface area (Å²) in [5, 5.41) is 6.63. The minimum atomic E-state index is -0.278. The van der Waals surface area contributed by atoms with Gasteiger partial charge in [-0.15, -0.1) is 0 Å². The molecule has 8 heteroatoms. The summed E-state index contributed by atoms with van der Waals surface area (Å²) in [6.07, 6.45) is 5.04. The van der Waals surface area contributed by atoms with Crippen LogP contribution in [0.15, 0.2) is 65.5 Å². The number of carbonyl (C=O) groups excluding carboxylic acids is 1. The van der Waals surface area contributed by atoms with Crippen LogP contribution in [-0.4, -0.2) is 52.0 Å². The van der Waals surface area contributed by atoms with Gasteiger partial charge in [-0.2, -0.15) is 9.89 Å². The maximum atomic E-state index is 12.4. The lowest BCUT2D eigenvalue weighted by Gasteiger charge is -2.35. The zero-order valence-corrected chi connectivity index (χ0v) is 16.8. The third kappa shape index (κ3) is 4.01. The average Bonchev–Trinajstić information content (AvgIpc) is 3.15. The van der Waals surface area contributed by atoms with E-state index in [4.69, 9.17) is 4.74 Å². The number of hydrogen-bond donors (Lipinski definition) is 0. The second-order valence-electron chi connectivity index (χ2n) is 6.45. The van der Waals surface area contributed by atoms with Gasteiger partial charge in [0.05, 0.1) is 23.8 Å². The van der Waals surface area contributed by atoms with Gasteiger partial charge in [0.15, 0.2) is 0 Å². The van der Waals surface area contributed by atoms with Gasteiger partial charge in [-0.3, -0.25) is 9.99 Å². The number of halogens is 1. The first kappa shape index (κ1) is 18.5. The molecular formula is C20H20BrN5O2. The predicted molar refractivity (Wildman–Crippen MR) is 109 cm³/mol. The molecule has 1 saturated heterocycles. The Bertz CT molecular complexity index is 924. The number of aromatic nitrogens is 3. The summed E-state index contributed by atoms with van der Waals surface area (Å²) in [4.78, 5) is 20.1. The van der Waals surface area contributed by atoms with Crippen molar-refractivity contribution in [3.05, 3.63) is 71.1 Å². The van der Waals surface area contributed by atoms with Crippen LogP contribution in [0, 0.1) is 0 Å². The second kappa shape index (κ2) is 8.43. The average molecular weight is 442 g/mol. The van der Waals surface area contributed by atoms with Crippen LogP contribution in [0.3, 0.4) is 0 Å². The minimum Gasteiger partial charge on any atom is -0.445 e. The summed E-state index contributed by atoms with van der Waals surface area (Å²) in [5.41, 5.74) is 2.99. The standard InChI is InChI=1S/C20H20BrN5O2/c21-18-14-23-26(19(18)17-6-8-22-9-7-17)25-12-10-24(11-13-25)20(27)28-15-16-4-2-1-3-5-16/h1-9,14H,10-13,15H2. The van der Waals surface area contributed by atoms with Gasteiger partial charge in [0.2, 0.25) is 0 Å². The van der Waals surface area contributed by atoms with Gasteiger partial charge < -0.3 is 9.64 Å². The van der Waals surface area contributed by atoms with Gasteiger partial charge in [0, 0.05) is 31.0 Å². The first-order valence-corrected chi connectivity index (χ1v) is 9.86. The van der Waals surface area contributed by atoms with Crippen molar-refractivity contribution in [1.82, 2.24) is 19.8 Å². The maximum Gasteiger partial charge on any atom is 0.410 e. The molecule has 0 bridgehead atoms. The monoisotopic (exact) mass is 441 g/mol. The van der Waals surface area contributed by atoms with Crippen molar-refractivity contribution in [3.63, 3.8) is 0 Å². The largest absolute Gasteiger partial charge is 0.445 e. The fourth-order valence-corrected chi connectivity index (χ4v) is 3.65. The number of pyridine rings is 1. The molecule has 0 spiro atoms. The van der Waals surface area contributed by atoms with Crippen LogP contribution in [0.1, 0.15) is 5.56 Å². The molecule has 1 aliphatic heterocycles. The third-order valence-electron chi connectivity index (χ3n) is 4.65. The zero-order chi connectivity index (χ0) is 19.3. The fraction of sp³-hybridized carbons (Fsp3) is 0.250. The summed E-state index contributed by atoms with van der Waals surface area (Å²) in [7, 11) is 0. The molecule has 7 nitrogen and oxygen atoms in total. The topological polar surface area (TPSA) is 63.5 Å². The fourth-order valence-electron chi connectivity index (χ4n) is 3.18. The molecule has 0 unspecified atom stereocenters. The highest BCUT2D eigenvalue weighted by Gasteiger charge is 2.25. The summed E-state index contributed by atoms with van der Waals surface area (Å²) in [5.74, 6) is 0. The molecular weight excluding hydrogens is 422 g/mol. The SMILES string of the molecule is O=C(OCc1ccccc1)N1CCN(n2ncc(Br)c2-c2ccncc2)CC1. The molecule has 1 fully saturated rings. The highest BCUT2D eigenvalue weighted by molar-refractivity contribution is 9.10. The van der Waals surface area contributed by atoms with Crippen LogP contribution in [0.4, 0.5) is 4.79 Å². The van der Waals surface area contributed by atoms with Crippen LogP contribution >= 0.6 is 15.9 Å². The quantitative estimate of drug-likeness (QED) is 0.621. The smallest absolute Gasteiger partial charge is 0.410 e. The van der Waals surface area contributed by atoms with Gasteiger partial charge >= 0.3 is 6.09 Å². The highest BCUT2D eigenvalue weighted by atomic mass is 79.9. The minimum absolute atomic E-state index is 0.278. The number of nitrogens with zero attached hydrogens (tertiary/aromatic N) is 5. The van der Waals surface area contributed by atoms with Crippen LogP contribution in [0.2, 0.25) is 0 Å². The Morgan fingerprint density at radius 1 is 1.04 bits per heavy atom. The van der Waals surface area contributed by atoms with Crippen molar-refractivity contribution in [2.75, 3.05) is 31.2 Å². The predicted octanol–water partition coefficient (Wildman–Crippen LogP) is 3.30. The van der Waals surface area contributed by atoms with Crippen molar-refractivity contribution in [3.8, 4) is 11.3 Å². The summed E-state index contributed by atoms with van der Waals surface area (Å²) >= 11 is 3.58. The third-order valence-corrected chi connectivity index (χ3v) is 5.23. The number of amides is 1. The first-order valence-electron chi connectivity index (χ1n) is 9.07. The van der Waals surface area contributed by atoms with Crippen molar-refractivity contribution >= 4 is 22.0 Å². The molecule has 2 aromatic heterocycles. The van der Waals surface area contributed by atoms with E-state index in [1.807, 2.05) is 47.3 Å². The number of benzene rings is 1. The normalized spacial score (nSPS) is 14.2. The lowest BCUT2D eigenvalue weighted by molar-refractivity contribution is 0.0920. The number of piperazine rings is 1. The Morgan fingerprint density at radius 3 is 2.46 bits per heavy atom. The van der Waals surface area contributed by atoms with Crippen molar-refractivity contribution in [2.24, 2.45) is 0 Å². The molecule has 0 N–H and O–H groups in total. The molecule has 3 aromatic rings. The van der Waals surface area contributed by atoms with E-state index in [9.17, 15) is 4.79 Å². The molecule has 1 aliphatic rings. The Balaban J connectivity index is 1.38. The van der Waals surface area contributed by atoms with Crippen molar-refractivity contribution in [2.45, 2.75) is 6.61 Å². The molecule has 0 saturated carbocycles. The molecule has 4 rings (SSSR count). The molecule has 0 aliphatic carbocycles. The van der Waals surface area contributed by atoms with Crippen LogP contribution in [0.5, 0.6) is 0 Å². The van der Waals surface area contributed by atoms with Crippen LogP contribution in [-0.2, 0) is 11.3 Å². The van der Waals surface area contributed by atoms with Crippen LogP contribution in [0.25, 0.3) is 11.3 Å². The Labute approximate surface area is 171 Å². The zero-order valence-electron chi connectivity index (χ0n) is 15.2. The highest BCUT2D eigenvalue weighted by Crippen LogP contribution is 2.28. The number of ether oxygens (including phenoxy) is 1. The first-order chi connectivity index (χ1) is 13.7. The summed E-state index contributed by atoms with van der Waals surface area (Å²) < 4.78 is 6.36. The molecule has 0 radical (unpaired) electrons. The van der Waals surface area contributed by atoms with Gasteiger partial charge in [-0.25, -0.2) is 4.79 Å². The summed E-state index contributed by atoms with van der Waals surface area (Å²) in [6, 6.07) is 13.6. The van der Waals surface area contributed by atoms with Gasteiger partial charge in [-0.05, 0) is 33.6 Å². The van der Waals surface area contributed by atoms with E-state index in [1.165, 1.54) is 0 Å². The van der Waals surface area contributed by atoms with E-state index in [2.05, 4.69) is 31.0 Å². The van der Waals surface area contributed by atoms with E-state index in [0.29, 0.717) is 26.2 Å². The van der Waals surface area contributed by atoms with Gasteiger partial charge in [0.1, 0.15) is 12.3 Å². The van der Waals surface area contributed by atoms with Gasteiger partial charge in [0.25, 0.3) is 0 Å². The molecule has 1 aromatic carbocycles. The lowest BCUT2D eigenvalue weighted by Crippen LogP contribution is -2.53. The molecule has 144 valence electrons. The Hall–Kier alpha value is -2.87. The molecule has 3 heterocycles. The Morgan fingerprint density at radius 2 is 1.75 bits per heavy atom. The number of hydrogen-bond acceptors (Lipinski definition) is 5. The molecule has 28 heavy (non-hydrogen) atoms. The summed E-state index contributed by atoms with van der Waals surface area (Å²) in [6.45, 7) is 2.80. The van der Waals surface area contributed by atoms with E-state index in [-0.39, 0.29) is 12.7 Å². The maximum absolute atomic E-state index is 12.4. The molecule has 1 amide bonds. The van der Waals surface area contributed by atoms with E-state index in [1.54, 1.807) is 23.5 Å². The second-order valence-corrected chi connectivity index (χ2v) is 7.30. The van der Waals surface area contributed by atoms with Gasteiger partial charge in [-0.1, -0.05) is 30.3 Å². The molecule has 0 atom stereocenters. The van der Waals surface area contributed by atoms with Crippen molar-refractivity contribution in [1.29, 1.82) is 0 Å². The number of rotatable bonds is 4.